The molecule has 1 aromatic heterocycles. The van der Waals surface area contributed by atoms with Crippen LogP contribution < -0.4 is 10.1 Å². The molecule has 1 atom stereocenters. The molecule has 2 aromatic rings. The van der Waals surface area contributed by atoms with Gasteiger partial charge >= 0.3 is 5.97 Å². The number of benzene rings is 1. The van der Waals surface area contributed by atoms with Crippen molar-refractivity contribution in [1.82, 2.24) is 0 Å². The van der Waals surface area contributed by atoms with Crippen LogP contribution in [-0.2, 0) is 0 Å². The van der Waals surface area contributed by atoms with Gasteiger partial charge in [0.25, 0.3) is 0 Å². The zero-order valence-corrected chi connectivity index (χ0v) is 13.4. The topological polar surface area (TPSA) is 58.6 Å². The molecule has 1 aromatic carbocycles. The number of rotatable bonds is 5. The van der Waals surface area contributed by atoms with Crippen LogP contribution >= 0.6 is 27.3 Å². The van der Waals surface area contributed by atoms with E-state index < -0.39 is 5.97 Å². The fraction of sp³-hybridized carbons (Fsp3) is 0.214. The van der Waals surface area contributed by atoms with E-state index in [0.29, 0.717) is 11.4 Å². The van der Waals surface area contributed by atoms with Gasteiger partial charge in [0.2, 0.25) is 0 Å². The van der Waals surface area contributed by atoms with E-state index in [2.05, 4.69) is 21.2 Å². The lowest BCUT2D eigenvalue weighted by atomic mass is 10.1. The molecule has 6 heteroatoms. The average Bonchev–Trinajstić information content (AvgIpc) is 2.84. The fourth-order valence-electron chi connectivity index (χ4n) is 1.87. The van der Waals surface area contributed by atoms with Crippen molar-refractivity contribution in [1.29, 1.82) is 0 Å². The quantitative estimate of drug-likeness (QED) is 0.834. The number of hydrogen-bond donors (Lipinski definition) is 2. The van der Waals surface area contributed by atoms with E-state index in [9.17, 15) is 4.79 Å². The first-order valence-corrected chi connectivity index (χ1v) is 7.61. The molecule has 1 heterocycles. The van der Waals surface area contributed by atoms with Crippen molar-refractivity contribution < 1.29 is 14.6 Å². The molecule has 0 saturated heterocycles. The summed E-state index contributed by atoms with van der Waals surface area (Å²) in [5.41, 5.74) is 0.894. The Morgan fingerprint density at radius 2 is 2.20 bits per heavy atom. The third-order valence-corrected chi connectivity index (χ3v) is 4.91. The summed E-state index contributed by atoms with van der Waals surface area (Å²) in [7, 11) is 1.56. The minimum absolute atomic E-state index is 0.0438. The molecule has 1 unspecified atom stereocenters. The van der Waals surface area contributed by atoms with Crippen molar-refractivity contribution in [3.8, 4) is 5.75 Å². The van der Waals surface area contributed by atoms with E-state index >= 15 is 0 Å². The summed E-state index contributed by atoms with van der Waals surface area (Å²) >= 11 is 5.13. The van der Waals surface area contributed by atoms with Gasteiger partial charge in [-0.1, -0.05) is 0 Å². The third-order valence-electron chi connectivity index (χ3n) is 2.86. The second-order valence-corrected chi connectivity index (χ2v) is 6.02. The number of aromatic carboxylic acids is 1. The van der Waals surface area contributed by atoms with E-state index in [1.54, 1.807) is 30.6 Å². The van der Waals surface area contributed by atoms with E-state index in [0.717, 1.165) is 9.35 Å². The van der Waals surface area contributed by atoms with Crippen LogP contribution in [0.3, 0.4) is 0 Å². The maximum atomic E-state index is 11.0. The number of ether oxygens (including phenoxy) is 1. The number of carboxylic acid groups (broad SMARTS) is 1. The molecule has 0 saturated carbocycles. The van der Waals surface area contributed by atoms with Crippen LogP contribution in [0, 0.1) is 0 Å². The summed E-state index contributed by atoms with van der Waals surface area (Å²) < 4.78 is 6.30. The first-order valence-electron chi connectivity index (χ1n) is 5.93. The smallest absolute Gasteiger partial charge is 0.335 e. The molecule has 0 spiro atoms. The van der Waals surface area contributed by atoms with E-state index in [4.69, 9.17) is 9.84 Å². The highest BCUT2D eigenvalue weighted by Gasteiger charge is 2.14. The lowest BCUT2D eigenvalue weighted by Crippen LogP contribution is -2.08. The van der Waals surface area contributed by atoms with Crippen molar-refractivity contribution in [2.75, 3.05) is 12.4 Å². The van der Waals surface area contributed by atoms with Gasteiger partial charge < -0.3 is 15.2 Å². The molecule has 0 amide bonds. The van der Waals surface area contributed by atoms with Crippen LogP contribution in [0.1, 0.15) is 28.2 Å². The van der Waals surface area contributed by atoms with Crippen molar-refractivity contribution in [2.24, 2.45) is 0 Å². The largest absolute Gasteiger partial charge is 0.495 e. The Hall–Kier alpha value is -1.53. The standard InChI is InChI=1S/C14H14BrNO3S/c1-8(13-10(15)5-6-20-13)16-11-7-9(14(17)18)3-4-12(11)19-2/h3-8,16H,1-2H3,(H,17,18). The van der Waals surface area contributed by atoms with Crippen LogP contribution in [0.2, 0.25) is 0 Å². The van der Waals surface area contributed by atoms with Gasteiger partial charge in [-0.05, 0) is 52.5 Å². The number of anilines is 1. The van der Waals surface area contributed by atoms with Crippen LogP contribution in [-0.4, -0.2) is 18.2 Å². The number of carbonyl (C=O) groups is 1. The zero-order valence-electron chi connectivity index (χ0n) is 11.0. The van der Waals surface area contributed by atoms with Gasteiger partial charge in [0, 0.05) is 9.35 Å². The first kappa shape index (κ1) is 14.9. The molecule has 0 radical (unpaired) electrons. The lowest BCUT2D eigenvalue weighted by molar-refractivity contribution is 0.0697. The monoisotopic (exact) mass is 355 g/mol. The molecular weight excluding hydrogens is 342 g/mol. The van der Waals surface area contributed by atoms with Gasteiger partial charge in [0.15, 0.2) is 0 Å². The second kappa shape index (κ2) is 6.28. The molecule has 20 heavy (non-hydrogen) atoms. The second-order valence-electron chi connectivity index (χ2n) is 4.22. The predicted octanol–water partition coefficient (Wildman–Crippen LogP) is 4.39. The number of hydrogen-bond acceptors (Lipinski definition) is 4. The molecule has 4 nitrogen and oxygen atoms in total. The normalized spacial score (nSPS) is 11.9. The third kappa shape index (κ3) is 3.13. The Morgan fingerprint density at radius 1 is 1.45 bits per heavy atom. The van der Waals surface area contributed by atoms with Gasteiger partial charge in [-0.15, -0.1) is 11.3 Å². The van der Waals surface area contributed by atoms with Gasteiger partial charge in [0.05, 0.1) is 24.4 Å². The maximum Gasteiger partial charge on any atom is 0.335 e. The molecule has 0 bridgehead atoms. The van der Waals surface area contributed by atoms with E-state index in [1.807, 2.05) is 18.4 Å². The van der Waals surface area contributed by atoms with Crippen LogP contribution in [0.4, 0.5) is 5.69 Å². The number of carboxylic acids is 1. The molecule has 2 N–H and O–H groups in total. The highest BCUT2D eigenvalue weighted by atomic mass is 79.9. The highest BCUT2D eigenvalue weighted by Crippen LogP contribution is 2.34. The number of methoxy groups -OCH3 is 1. The first-order chi connectivity index (χ1) is 9.52. The van der Waals surface area contributed by atoms with Crippen molar-refractivity contribution in [3.05, 3.63) is 44.6 Å². The molecule has 0 aliphatic heterocycles. The summed E-state index contributed by atoms with van der Waals surface area (Å²) in [5.74, 6) is -0.338. The zero-order chi connectivity index (χ0) is 14.7. The molecular formula is C14H14BrNO3S. The van der Waals surface area contributed by atoms with Crippen LogP contribution in [0.15, 0.2) is 34.1 Å². The van der Waals surface area contributed by atoms with E-state index in [-0.39, 0.29) is 11.6 Å². The fourth-order valence-corrected chi connectivity index (χ4v) is 3.59. The number of thiophene rings is 1. The molecule has 0 fully saturated rings. The minimum Gasteiger partial charge on any atom is -0.495 e. The van der Waals surface area contributed by atoms with Crippen molar-refractivity contribution in [2.45, 2.75) is 13.0 Å². The van der Waals surface area contributed by atoms with Gasteiger partial charge in [-0.25, -0.2) is 4.79 Å². The van der Waals surface area contributed by atoms with Gasteiger partial charge in [0.1, 0.15) is 5.75 Å². The van der Waals surface area contributed by atoms with Crippen LogP contribution in [0.25, 0.3) is 0 Å². The summed E-state index contributed by atoms with van der Waals surface area (Å²) in [6.07, 6.45) is 0. The Labute approximate surface area is 129 Å². The summed E-state index contributed by atoms with van der Waals surface area (Å²) in [4.78, 5) is 12.2. The van der Waals surface area contributed by atoms with Crippen LogP contribution in [0.5, 0.6) is 5.75 Å². The Balaban J connectivity index is 2.29. The van der Waals surface area contributed by atoms with Crippen molar-refractivity contribution in [3.63, 3.8) is 0 Å². The Kier molecular flexibility index (Phi) is 4.67. The SMILES string of the molecule is COc1ccc(C(=O)O)cc1NC(C)c1sccc1Br. The number of nitrogens with one attached hydrogen (secondary N) is 1. The average molecular weight is 356 g/mol. The summed E-state index contributed by atoms with van der Waals surface area (Å²) in [6.45, 7) is 2.02. The predicted molar refractivity (Wildman–Crippen MR) is 84.0 cm³/mol. The van der Waals surface area contributed by atoms with E-state index in [1.165, 1.54) is 6.07 Å². The lowest BCUT2D eigenvalue weighted by Gasteiger charge is -2.17. The molecule has 2 rings (SSSR count). The van der Waals surface area contributed by atoms with Gasteiger partial charge in [-0.3, -0.25) is 0 Å². The summed E-state index contributed by atoms with van der Waals surface area (Å²) in [5, 5.41) is 14.4. The minimum atomic E-state index is -0.958. The Morgan fingerprint density at radius 3 is 2.75 bits per heavy atom. The molecule has 0 aliphatic carbocycles. The van der Waals surface area contributed by atoms with Crippen molar-refractivity contribution >= 4 is 38.9 Å². The molecule has 0 aliphatic rings. The summed E-state index contributed by atoms with van der Waals surface area (Å²) in [6, 6.07) is 6.80. The van der Waals surface area contributed by atoms with Gasteiger partial charge in [-0.2, -0.15) is 0 Å². The number of halogens is 1. The molecule has 106 valence electrons. The highest BCUT2D eigenvalue weighted by molar-refractivity contribution is 9.10. The maximum absolute atomic E-state index is 11.0. The Bertz CT molecular complexity index is 627.